The molecule has 2 amide bonds. The Morgan fingerprint density at radius 1 is 0.824 bits per heavy atom. The zero-order valence-corrected chi connectivity index (χ0v) is 19.8. The van der Waals surface area contributed by atoms with Crippen molar-refractivity contribution in [3.8, 4) is 5.75 Å². The summed E-state index contributed by atoms with van der Waals surface area (Å²) in [6, 6.07) is 14.2. The molecule has 0 aromatic heterocycles. The Morgan fingerprint density at radius 2 is 1.44 bits per heavy atom. The first kappa shape index (κ1) is 24.2. The lowest BCUT2D eigenvalue weighted by atomic mass is 10.1. The Kier molecular flexibility index (Phi) is 8.13. The Hall–Kier alpha value is -2.97. The number of hydrogen-bond donors (Lipinski definition) is 0. The second-order valence-corrected chi connectivity index (χ2v) is 9.05. The number of aryl methyl sites for hydroxylation is 1. The van der Waals surface area contributed by atoms with Crippen LogP contribution in [0.1, 0.15) is 11.1 Å². The molecule has 2 aromatic carbocycles. The summed E-state index contributed by atoms with van der Waals surface area (Å²) >= 11 is 0. The standard InChI is InChI=1S/C26H33FN4O3/c1-21-3-2-4-22(17-21)18-28-9-13-30(14-10-28)25(32)19-29-11-15-31(16-12-29)26(33)20-34-24-7-5-23(27)6-8-24/h2-8,17H,9-16,18-20H2,1H3. The van der Waals surface area contributed by atoms with E-state index in [1.54, 1.807) is 4.90 Å². The van der Waals surface area contributed by atoms with Crippen molar-refractivity contribution in [3.05, 3.63) is 65.5 Å². The number of hydrogen-bond acceptors (Lipinski definition) is 5. The van der Waals surface area contributed by atoms with Crippen molar-refractivity contribution < 1.29 is 18.7 Å². The van der Waals surface area contributed by atoms with Crippen LogP contribution in [0.25, 0.3) is 0 Å². The van der Waals surface area contributed by atoms with Gasteiger partial charge >= 0.3 is 0 Å². The molecule has 8 heteroatoms. The SMILES string of the molecule is Cc1cccc(CN2CCN(C(=O)CN3CCN(C(=O)COc4ccc(F)cc4)CC3)CC2)c1. The van der Waals surface area contributed by atoms with E-state index in [0.29, 0.717) is 38.5 Å². The lowest BCUT2D eigenvalue weighted by Crippen LogP contribution is -2.54. The molecular weight excluding hydrogens is 435 g/mol. The first-order chi connectivity index (χ1) is 16.5. The molecule has 2 fully saturated rings. The van der Waals surface area contributed by atoms with Gasteiger partial charge in [0.1, 0.15) is 11.6 Å². The van der Waals surface area contributed by atoms with Gasteiger partial charge in [-0.05, 0) is 36.8 Å². The second-order valence-electron chi connectivity index (χ2n) is 9.05. The molecule has 0 radical (unpaired) electrons. The van der Waals surface area contributed by atoms with Crippen LogP contribution in [0.3, 0.4) is 0 Å². The third kappa shape index (κ3) is 6.77. The van der Waals surface area contributed by atoms with Gasteiger partial charge in [-0.15, -0.1) is 0 Å². The molecule has 0 bridgehead atoms. The number of halogens is 1. The van der Waals surface area contributed by atoms with Crippen molar-refractivity contribution in [2.45, 2.75) is 13.5 Å². The summed E-state index contributed by atoms with van der Waals surface area (Å²) < 4.78 is 18.4. The predicted octanol–water partition coefficient (Wildman–Crippen LogP) is 2.00. The van der Waals surface area contributed by atoms with Gasteiger partial charge in [0.15, 0.2) is 6.61 Å². The molecule has 2 aromatic rings. The normalized spacial score (nSPS) is 17.6. The van der Waals surface area contributed by atoms with Gasteiger partial charge in [-0.2, -0.15) is 0 Å². The number of nitrogens with zero attached hydrogens (tertiary/aromatic N) is 4. The number of carbonyl (C=O) groups is 2. The Bertz CT molecular complexity index is 968. The van der Waals surface area contributed by atoms with E-state index in [1.807, 2.05) is 4.90 Å². The first-order valence-electron chi connectivity index (χ1n) is 11.9. The van der Waals surface area contributed by atoms with Crippen molar-refractivity contribution in [1.82, 2.24) is 19.6 Å². The molecule has 2 saturated heterocycles. The Balaban J connectivity index is 1.14. The van der Waals surface area contributed by atoms with E-state index in [1.165, 1.54) is 35.4 Å². The molecular formula is C26H33FN4O3. The smallest absolute Gasteiger partial charge is 0.260 e. The van der Waals surface area contributed by atoms with E-state index in [2.05, 4.69) is 41.0 Å². The van der Waals surface area contributed by atoms with Crippen LogP contribution in [0.15, 0.2) is 48.5 Å². The van der Waals surface area contributed by atoms with Crippen LogP contribution in [-0.4, -0.2) is 96.9 Å². The van der Waals surface area contributed by atoms with E-state index in [9.17, 15) is 14.0 Å². The topological polar surface area (TPSA) is 56.3 Å². The van der Waals surface area contributed by atoms with Crippen LogP contribution in [0.4, 0.5) is 4.39 Å². The maximum atomic E-state index is 13.0. The Labute approximate surface area is 200 Å². The Morgan fingerprint density at radius 3 is 2.09 bits per heavy atom. The maximum absolute atomic E-state index is 13.0. The number of amides is 2. The third-order valence-corrected chi connectivity index (χ3v) is 6.47. The molecule has 7 nitrogen and oxygen atoms in total. The van der Waals surface area contributed by atoms with Gasteiger partial charge in [-0.1, -0.05) is 29.8 Å². The van der Waals surface area contributed by atoms with Crippen LogP contribution in [0, 0.1) is 12.7 Å². The highest BCUT2D eigenvalue weighted by Crippen LogP contribution is 2.13. The molecule has 34 heavy (non-hydrogen) atoms. The summed E-state index contributed by atoms with van der Waals surface area (Å²) in [6.45, 7) is 9.11. The van der Waals surface area contributed by atoms with E-state index < -0.39 is 0 Å². The average molecular weight is 469 g/mol. The van der Waals surface area contributed by atoms with E-state index in [4.69, 9.17) is 4.74 Å². The molecule has 0 spiro atoms. The lowest BCUT2D eigenvalue weighted by Gasteiger charge is -2.38. The van der Waals surface area contributed by atoms with Gasteiger partial charge < -0.3 is 14.5 Å². The minimum atomic E-state index is -0.339. The molecule has 2 heterocycles. The summed E-state index contributed by atoms with van der Waals surface area (Å²) in [5.74, 6) is 0.195. The van der Waals surface area contributed by atoms with Gasteiger partial charge in [0, 0.05) is 58.9 Å². The number of piperazine rings is 2. The van der Waals surface area contributed by atoms with Crippen LogP contribution in [0.2, 0.25) is 0 Å². The summed E-state index contributed by atoms with van der Waals surface area (Å²) in [4.78, 5) is 33.5. The fourth-order valence-corrected chi connectivity index (χ4v) is 4.44. The largest absolute Gasteiger partial charge is 0.484 e. The van der Waals surface area contributed by atoms with Crippen molar-refractivity contribution in [1.29, 1.82) is 0 Å². The quantitative estimate of drug-likeness (QED) is 0.622. The zero-order valence-electron chi connectivity index (χ0n) is 19.8. The highest BCUT2D eigenvalue weighted by molar-refractivity contribution is 5.79. The van der Waals surface area contributed by atoms with E-state index >= 15 is 0 Å². The summed E-state index contributed by atoms with van der Waals surface area (Å²) in [5, 5.41) is 0. The number of benzene rings is 2. The van der Waals surface area contributed by atoms with Crippen molar-refractivity contribution in [2.24, 2.45) is 0 Å². The minimum Gasteiger partial charge on any atom is -0.484 e. The fourth-order valence-electron chi connectivity index (χ4n) is 4.44. The monoisotopic (exact) mass is 468 g/mol. The number of ether oxygens (including phenoxy) is 1. The molecule has 0 N–H and O–H groups in total. The van der Waals surface area contributed by atoms with Crippen molar-refractivity contribution in [3.63, 3.8) is 0 Å². The van der Waals surface area contributed by atoms with E-state index in [-0.39, 0.29) is 24.2 Å². The van der Waals surface area contributed by atoms with Crippen molar-refractivity contribution in [2.75, 3.05) is 65.5 Å². The van der Waals surface area contributed by atoms with Crippen molar-refractivity contribution >= 4 is 11.8 Å². The highest BCUT2D eigenvalue weighted by Gasteiger charge is 2.26. The summed E-state index contributed by atoms with van der Waals surface area (Å²) in [7, 11) is 0. The minimum absolute atomic E-state index is 0.0720. The number of rotatable bonds is 7. The molecule has 2 aliphatic heterocycles. The lowest BCUT2D eigenvalue weighted by molar-refractivity contribution is -0.137. The fraction of sp³-hybridized carbons (Fsp3) is 0.462. The molecule has 0 aliphatic carbocycles. The van der Waals surface area contributed by atoms with Crippen LogP contribution in [0.5, 0.6) is 5.75 Å². The first-order valence-corrected chi connectivity index (χ1v) is 11.9. The molecule has 2 aliphatic rings. The third-order valence-electron chi connectivity index (χ3n) is 6.47. The highest BCUT2D eigenvalue weighted by atomic mass is 19.1. The van der Waals surface area contributed by atoms with E-state index in [0.717, 1.165) is 32.7 Å². The van der Waals surface area contributed by atoms with Gasteiger partial charge in [-0.25, -0.2) is 4.39 Å². The van der Waals surface area contributed by atoms with Crippen LogP contribution in [-0.2, 0) is 16.1 Å². The summed E-state index contributed by atoms with van der Waals surface area (Å²) in [6.07, 6.45) is 0. The van der Waals surface area contributed by atoms with Crippen LogP contribution < -0.4 is 4.74 Å². The summed E-state index contributed by atoms with van der Waals surface area (Å²) in [5.41, 5.74) is 2.59. The van der Waals surface area contributed by atoms with Crippen LogP contribution >= 0.6 is 0 Å². The van der Waals surface area contributed by atoms with Gasteiger partial charge in [0.25, 0.3) is 5.91 Å². The number of carbonyl (C=O) groups excluding carboxylic acids is 2. The van der Waals surface area contributed by atoms with Gasteiger partial charge in [0.05, 0.1) is 6.54 Å². The average Bonchev–Trinajstić information content (AvgIpc) is 2.84. The molecule has 182 valence electrons. The molecule has 0 saturated carbocycles. The molecule has 0 atom stereocenters. The molecule has 0 unspecified atom stereocenters. The second kappa shape index (κ2) is 11.4. The predicted molar refractivity (Wildman–Crippen MR) is 128 cm³/mol. The van der Waals surface area contributed by atoms with Gasteiger partial charge in [0.2, 0.25) is 5.91 Å². The van der Waals surface area contributed by atoms with Gasteiger partial charge in [-0.3, -0.25) is 19.4 Å². The maximum Gasteiger partial charge on any atom is 0.260 e. The zero-order chi connectivity index (χ0) is 23.9. The molecule has 4 rings (SSSR count).